The lowest BCUT2D eigenvalue weighted by Crippen LogP contribution is -2.28. The van der Waals surface area contributed by atoms with Crippen molar-refractivity contribution in [3.8, 4) is 16.9 Å². The Labute approximate surface area is 208 Å². The third-order valence-corrected chi connectivity index (χ3v) is 7.14. The Bertz CT molecular complexity index is 1360. The van der Waals surface area contributed by atoms with E-state index in [0.717, 1.165) is 58.5 Å². The predicted molar refractivity (Wildman–Crippen MR) is 136 cm³/mol. The summed E-state index contributed by atoms with van der Waals surface area (Å²) in [4.78, 5) is 16.0. The first-order valence-corrected chi connectivity index (χ1v) is 12.2. The van der Waals surface area contributed by atoms with Crippen molar-refractivity contribution in [2.45, 2.75) is 19.9 Å². The number of halogens is 2. The summed E-state index contributed by atoms with van der Waals surface area (Å²) in [5.41, 5.74) is 4.49. The molecule has 1 aliphatic heterocycles. The van der Waals surface area contributed by atoms with Crippen molar-refractivity contribution in [2.24, 2.45) is 5.92 Å². The Kier molecular flexibility index (Phi) is 6.38. The monoisotopic (exact) mass is 496 g/mol. The number of aromatic amines is 1. The second-order valence-corrected chi connectivity index (χ2v) is 9.60. The Morgan fingerprint density at radius 3 is 2.88 bits per heavy atom. The van der Waals surface area contributed by atoms with Crippen molar-refractivity contribution in [1.82, 2.24) is 19.7 Å². The molecule has 176 valence electrons. The molecule has 0 amide bonds. The van der Waals surface area contributed by atoms with Gasteiger partial charge in [0.1, 0.15) is 10.9 Å². The number of ketones is 1. The Morgan fingerprint density at radius 2 is 2.12 bits per heavy atom. The van der Waals surface area contributed by atoms with E-state index in [-0.39, 0.29) is 11.7 Å². The van der Waals surface area contributed by atoms with Gasteiger partial charge in [-0.2, -0.15) is 5.10 Å². The van der Waals surface area contributed by atoms with Gasteiger partial charge in [0.25, 0.3) is 0 Å². The second kappa shape index (κ2) is 9.45. The average Bonchev–Trinajstić information content (AvgIpc) is 3.44. The van der Waals surface area contributed by atoms with Gasteiger partial charge in [0, 0.05) is 46.3 Å². The summed E-state index contributed by atoms with van der Waals surface area (Å²) < 4.78 is 8.08. The molecular formula is C26H26Cl2N4O2. The number of benzene rings is 2. The molecule has 6 nitrogen and oxygen atoms in total. The van der Waals surface area contributed by atoms with Crippen LogP contribution in [0.25, 0.3) is 22.0 Å². The van der Waals surface area contributed by atoms with Crippen LogP contribution in [-0.2, 0) is 13.0 Å². The molecule has 1 aliphatic rings. The molecule has 0 saturated heterocycles. The van der Waals surface area contributed by atoms with Gasteiger partial charge in [-0.25, -0.2) is 0 Å². The fraction of sp³-hybridized carbons (Fsp3) is 0.308. The van der Waals surface area contributed by atoms with Crippen molar-refractivity contribution < 1.29 is 9.53 Å². The van der Waals surface area contributed by atoms with Crippen molar-refractivity contribution >= 4 is 39.9 Å². The highest BCUT2D eigenvalue weighted by molar-refractivity contribution is 6.32. The van der Waals surface area contributed by atoms with E-state index in [1.54, 1.807) is 6.20 Å². The topological polar surface area (TPSA) is 63.1 Å². The number of likely N-dealkylation sites (N-methyl/N-ethyl adjacent to an activating group) is 1. The van der Waals surface area contributed by atoms with Gasteiger partial charge in [0.05, 0.1) is 18.7 Å². The van der Waals surface area contributed by atoms with Gasteiger partial charge in [-0.3, -0.25) is 9.89 Å². The zero-order valence-corrected chi connectivity index (χ0v) is 20.7. The highest BCUT2D eigenvalue weighted by atomic mass is 35.5. The van der Waals surface area contributed by atoms with Crippen molar-refractivity contribution in [3.63, 3.8) is 0 Å². The zero-order chi connectivity index (χ0) is 23.8. The molecule has 0 bridgehead atoms. The quantitative estimate of drug-likeness (QED) is 0.332. The number of nitrogens with zero attached hydrogens (tertiary/aromatic N) is 3. The molecule has 0 spiro atoms. The summed E-state index contributed by atoms with van der Waals surface area (Å²) in [5, 5.41) is 8.90. The largest absolute Gasteiger partial charge is 0.493 e. The van der Waals surface area contributed by atoms with Crippen LogP contribution in [0.5, 0.6) is 5.75 Å². The summed E-state index contributed by atoms with van der Waals surface area (Å²) >= 11 is 12.5. The number of nitrogens with one attached hydrogen (secondary N) is 1. The first-order valence-electron chi connectivity index (χ1n) is 11.4. The summed E-state index contributed by atoms with van der Waals surface area (Å²) in [7, 11) is 2.09. The van der Waals surface area contributed by atoms with Crippen LogP contribution in [0, 0.1) is 5.92 Å². The van der Waals surface area contributed by atoms with Gasteiger partial charge in [0.2, 0.25) is 0 Å². The minimum absolute atomic E-state index is 0.0901. The number of H-pyrrole nitrogens is 1. The van der Waals surface area contributed by atoms with Crippen LogP contribution in [0.1, 0.15) is 22.8 Å². The predicted octanol–water partition coefficient (Wildman–Crippen LogP) is 5.72. The van der Waals surface area contributed by atoms with Crippen molar-refractivity contribution in [1.29, 1.82) is 0 Å². The van der Waals surface area contributed by atoms with Gasteiger partial charge in [-0.1, -0.05) is 42.3 Å². The molecule has 3 heterocycles. The molecular weight excluding hydrogens is 471 g/mol. The lowest BCUT2D eigenvalue weighted by molar-refractivity contribution is 0.0856. The highest BCUT2D eigenvalue weighted by Gasteiger charge is 2.29. The maximum Gasteiger partial charge on any atom is 0.171 e. The summed E-state index contributed by atoms with van der Waals surface area (Å²) in [5.74, 6) is 0.638. The van der Waals surface area contributed by atoms with Crippen LogP contribution in [0.4, 0.5) is 0 Å². The van der Waals surface area contributed by atoms with Crippen LogP contribution in [0.3, 0.4) is 0 Å². The number of carbonyl (C=O) groups excluding carboxylic acids is 1. The Balaban J connectivity index is 1.52. The fourth-order valence-electron chi connectivity index (χ4n) is 4.50. The molecule has 0 saturated carbocycles. The smallest absolute Gasteiger partial charge is 0.171 e. The number of rotatable bonds is 7. The maximum atomic E-state index is 13.7. The van der Waals surface area contributed by atoms with E-state index in [4.69, 9.17) is 27.9 Å². The first-order chi connectivity index (χ1) is 16.4. The van der Waals surface area contributed by atoms with Crippen LogP contribution < -0.4 is 4.74 Å². The SMILES string of the molecule is CCN(C)CCn1cc(C(=O)C2COc3ccc(Cl)cc3C2)c2ccc(-c3cn[nH]c3Cl)cc21. The third-order valence-electron chi connectivity index (χ3n) is 6.61. The molecule has 34 heavy (non-hydrogen) atoms. The van der Waals surface area contributed by atoms with E-state index in [2.05, 4.69) is 39.7 Å². The maximum absolute atomic E-state index is 13.7. The molecule has 1 N–H and O–H groups in total. The lowest BCUT2D eigenvalue weighted by atomic mass is 9.89. The number of Topliss-reactive ketones (excluding diaryl/α,β-unsaturated/α-hetero) is 1. The minimum atomic E-state index is -0.258. The molecule has 0 aliphatic carbocycles. The second-order valence-electron chi connectivity index (χ2n) is 8.79. The van der Waals surface area contributed by atoms with E-state index in [1.165, 1.54) is 0 Å². The van der Waals surface area contributed by atoms with E-state index >= 15 is 0 Å². The standard InChI is InChI=1S/C26H26Cl2N4O2/c1-3-31(2)8-9-32-14-22(20-6-4-16(12-23(20)32)21-13-29-30-26(21)28)25(33)18-10-17-11-19(27)5-7-24(17)34-15-18/h4-7,11-14,18H,3,8-10,15H2,1-2H3,(H,29,30). The summed E-state index contributed by atoms with van der Waals surface area (Å²) in [6, 6.07) is 11.7. The van der Waals surface area contributed by atoms with Crippen molar-refractivity contribution in [3.05, 3.63) is 70.1 Å². The lowest BCUT2D eigenvalue weighted by Gasteiger charge is -2.24. The molecule has 0 fully saturated rings. The highest BCUT2D eigenvalue weighted by Crippen LogP contribution is 2.35. The van der Waals surface area contributed by atoms with Crippen LogP contribution in [-0.4, -0.2) is 52.2 Å². The molecule has 4 aromatic rings. The minimum Gasteiger partial charge on any atom is -0.493 e. The molecule has 8 heteroatoms. The van der Waals surface area contributed by atoms with Gasteiger partial charge in [-0.05, 0) is 55.4 Å². The molecule has 2 aromatic carbocycles. The van der Waals surface area contributed by atoms with Gasteiger partial charge in [0.15, 0.2) is 5.78 Å². The van der Waals surface area contributed by atoms with E-state index in [0.29, 0.717) is 23.2 Å². The molecule has 1 unspecified atom stereocenters. The fourth-order valence-corrected chi connectivity index (χ4v) is 4.90. The first kappa shape index (κ1) is 23.0. The van der Waals surface area contributed by atoms with E-state index in [1.807, 2.05) is 36.5 Å². The van der Waals surface area contributed by atoms with E-state index in [9.17, 15) is 4.79 Å². The molecule has 2 aromatic heterocycles. The van der Waals surface area contributed by atoms with Crippen LogP contribution in [0.2, 0.25) is 10.2 Å². The summed E-state index contributed by atoms with van der Waals surface area (Å²) in [6.45, 7) is 5.11. The normalized spacial score (nSPS) is 15.5. The Hall–Kier alpha value is -2.80. The van der Waals surface area contributed by atoms with Gasteiger partial charge >= 0.3 is 0 Å². The third kappa shape index (κ3) is 4.33. The van der Waals surface area contributed by atoms with Gasteiger partial charge < -0.3 is 14.2 Å². The Morgan fingerprint density at radius 1 is 1.26 bits per heavy atom. The zero-order valence-electron chi connectivity index (χ0n) is 19.1. The van der Waals surface area contributed by atoms with Crippen molar-refractivity contribution in [2.75, 3.05) is 26.7 Å². The molecule has 1 atom stereocenters. The summed E-state index contributed by atoms with van der Waals surface area (Å²) in [6.07, 6.45) is 4.32. The number of ether oxygens (including phenoxy) is 1. The van der Waals surface area contributed by atoms with Crippen LogP contribution in [0.15, 0.2) is 48.8 Å². The average molecular weight is 497 g/mol. The number of hydrogen-bond acceptors (Lipinski definition) is 4. The van der Waals surface area contributed by atoms with Gasteiger partial charge in [-0.15, -0.1) is 0 Å². The molecule has 5 rings (SSSR count). The van der Waals surface area contributed by atoms with E-state index < -0.39 is 0 Å². The van der Waals surface area contributed by atoms with Crippen LogP contribution >= 0.6 is 23.2 Å². The number of hydrogen-bond donors (Lipinski definition) is 1. The molecule has 0 radical (unpaired) electrons. The number of fused-ring (bicyclic) bond motifs is 2. The number of aromatic nitrogens is 3. The number of carbonyl (C=O) groups is 1.